The summed E-state index contributed by atoms with van der Waals surface area (Å²) in [6.07, 6.45) is 2.57. The van der Waals surface area contributed by atoms with Crippen molar-refractivity contribution >= 4 is 12.3 Å². The van der Waals surface area contributed by atoms with Crippen LogP contribution < -0.4 is 11.1 Å². The molecule has 82 valence electrons. The molecule has 0 rings (SSSR count). The Morgan fingerprint density at radius 1 is 1.71 bits per heavy atom. The minimum Gasteiger partial charge on any atom is -0.480 e. The lowest BCUT2D eigenvalue weighted by molar-refractivity contribution is -0.139. The van der Waals surface area contributed by atoms with E-state index in [0.29, 0.717) is 19.4 Å². The van der Waals surface area contributed by atoms with Gasteiger partial charge >= 0.3 is 5.97 Å². The second kappa shape index (κ2) is 7.14. The fourth-order valence-corrected chi connectivity index (χ4v) is 0.839. The molecule has 0 aliphatic carbocycles. The molecule has 4 N–H and O–H groups in total. The molecular weight excluding hydrogens is 184 g/mol. The SMILES string of the molecule is CN(C)N=CNC(CCCN)C(=O)O. The summed E-state index contributed by atoms with van der Waals surface area (Å²) < 4.78 is 0. The molecule has 0 aromatic rings. The number of hydrogen-bond donors (Lipinski definition) is 3. The maximum atomic E-state index is 10.7. The van der Waals surface area contributed by atoms with Gasteiger partial charge < -0.3 is 21.2 Å². The van der Waals surface area contributed by atoms with Crippen LogP contribution in [-0.4, -0.2) is 49.1 Å². The first-order chi connectivity index (χ1) is 6.57. The number of nitrogens with one attached hydrogen (secondary N) is 1. The van der Waals surface area contributed by atoms with Crippen LogP contribution in [0.2, 0.25) is 0 Å². The highest BCUT2D eigenvalue weighted by Crippen LogP contribution is 1.95. The first-order valence-electron chi connectivity index (χ1n) is 4.46. The molecule has 0 spiro atoms. The highest BCUT2D eigenvalue weighted by atomic mass is 16.4. The van der Waals surface area contributed by atoms with Crippen LogP contribution in [0.25, 0.3) is 0 Å². The second-order valence-electron chi connectivity index (χ2n) is 3.08. The lowest BCUT2D eigenvalue weighted by atomic mass is 10.1. The lowest BCUT2D eigenvalue weighted by Crippen LogP contribution is -2.36. The number of aliphatic carboxylic acids is 1. The number of hydrogen-bond acceptors (Lipinski definition) is 4. The van der Waals surface area contributed by atoms with E-state index in [-0.39, 0.29) is 0 Å². The molecule has 14 heavy (non-hydrogen) atoms. The molecule has 0 radical (unpaired) electrons. The number of carbonyl (C=O) groups is 1. The number of hydrazone groups is 1. The van der Waals surface area contributed by atoms with Crippen LogP contribution in [0.1, 0.15) is 12.8 Å². The summed E-state index contributed by atoms with van der Waals surface area (Å²) in [5.41, 5.74) is 5.29. The summed E-state index contributed by atoms with van der Waals surface area (Å²) in [4.78, 5) is 10.7. The summed E-state index contributed by atoms with van der Waals surface area (Å²) in [7, 11) is 3.52. The van der Waals surface area contributed by atoms with Crippen LogP contribution in [0.15, 0.2) is 5.10 Å². The molecule has 0 aliphatic heterocycles. The normalized spacial score (nSPS) is 12.8. The summed E-state index contributed by atoms with van der Waals surface area (Å²) in [6.45, 7) is 0.496. The number of rotatable bonds is 7. The quantitative estimate of drug-likeness (QED) is 0.288. The molecule has 0 saturated heterocycles. The molecule has 0 aromatic heterocycles. The van der Waals surface area contributed by atoms with Crippen molar-refractivity contribution in [2.24, 2.45) is 10.8 Å². The van der Waals surface area contributed by atoms with E-state index in [1.807, 2.05) is 0 Å². The smallest absolute Gasteiger partial charge is 0.326 e. The van der Waals surface area contributed by atoms with E-state index < -0.39 is 12.0 Å². The molecule has 6 nitrogen and oxygen atoms in total. The molecule has 1 unspecified atom stereocenters. The van der Waals surface area contributed by atoms with E-state index in [2.05, 4.69) is 10.4 Å². The van der Waals surface area contributed by atoms with E-state index >= 15 is 0 Å². The molecule has 1 atom stereocenters. The Bertz CT molecular complexity index is 194. The largest absolute Gasteiger partial charge is 0.480 e. The van der Waals surface area contributed by atoms with Crippen molar-refractivity contribution in [2.75, 3.05) is 20.6 Å². The maximum Gasteiger partial charge on any atom is 0.326 e. The Hall–Kier alpha value is -1.30. The highest BCUT2D eigenvalue weighted by Gasteiger charge is 2.14. The first-order valence-corrected chi connectivity index (χ1v) is 4.46. The van der Waals surface area contributed by atoms with Gasteiger partial charge in [-0.15, -0.1) is 0 Å². The average Bonchev–Trinajstić information content (AvgIpc) is 2.09. The Kier molecular flexibility index (Phi) is 6.47. The van der Waals surface area contributed by atoms with Crippen LogP contribution >= 0.6 is 0 Å². The van der Waals surface area contributed by atoms with Crippen molar-refractivity contribution in [3.8, 4) is 0 Å². The zero-order valence-electron chi connectivity index (χ0n) is 8.60. The van der Waals surface area contributed by atoms with Crippen molar-refractivity contribution in [3.63, 3.8) is 0 Å². The van der Waals surface area contributed by atoms with E-state index in [0.717, 1.165) is 0 Å². The van der Waals surface area contributed by atoms with Crippen LogP contribution in [0.5, 0.6) is 0 Å². The molecular formula is C8H18N4O2. The summed E-state index contributed by atoms with van der Waals surface area (Å²) >= 11 is 0. The van der Waals surface area contributed by atoms with Gasteiger partial charge in [-0.3, -0.25) is 0 Å². The predicted octanol–water partition coefficient (Wildman–Crippen LogP) is -0.727. The van der Waals surface area contributed by atoms with Gasteiger partial charge in [-0.05, 0) is 19.4 Å². The molecule has 0 aromatic carbocycles. The molecule has 0 heterocycles. The van der Waals surface area contributed by atoms with Gasteiger partial charge in [0.15, 0.2) is 0 Å². The van der Waals surface area contributed by atoms with Gasteiger partial charge in [-0.2, -0.15) is 5.10 Å². The van der Waals surface area contributed by atoms with Gasteiger partial charge in [-0.25, -0.2) is 4.79 Å². The van der Waals surface area contributed by atoms with Crippen molar-refractivity contribution in [1.82, 2.24) is 10.3 Å². The third-order valence-corrected chi connectivity index (χ3v) is 1.56. The van der Waals surface area contributed by atoms with Gasteiger partial charge in [0.25, 0.3) is 0 Å². The number of nitrogens with zero attached hydrogens (tertiary/aromatic N) is 2. The molecule has 0 amide bonds. The van der Waals surface area contributed by atoms with Crippen molar-refractivity contribution < 1.29 is 9.90 Å². The summed E-state index contributed by atoms with van der Waals surface area (Å²) in [5, 5.41) is 16.9. The fraction of sp³-hybridized carbons (Fsp3) is 0.750. The zero-order valence-corrected chi connectivity index (χ0v) is 8.60. The Balaban J connectivity index is 3.91. The third-order valence-electron chi connectivity index (χ3n) is 1.56. The van der Waals surface area contributed by atoms with Gasteiger partial charge in [0.2, 0.25) is 0 Å². The van der Waals surface area contributed by atoms with Crippen LogP contribution in [0.3, 0.4) is 0 Å². The number of carboxylic acids is 1. The standard InChI is InChI=1S/C8H18N4O2/c1-12(2)11-6-10-7(8(13)14)4-3-5-9/h6-7H,3-5,9H2,1-2H3,(H,10,11)(H,13,14). The van der Waals surface area contributed by atoms with Crippen LogP contribution in [0, 0.1) is 0 Å². The van der Waals surface area contributed by atoms with E-state index in [1.54, 1.807) is 19.1 Å². The minimum absolute atomic E-state index is 0.496. The summed E-state index contributed by atoms with van der Waals surface area (Å²) in [5.74, 6) is -0.886. The van der Waals surface area contributed by atoms with Gasteiger partial charge in [0.05, 0.1) is 0 Å². The van der Waals surface area contributed by atoms with E-state index in [9.17, 15) is 4.79 Å². The van der Waals surface area contributed by atoms with E-state index in [4.69, 9.17) is 10.8 Å². The second-order valence-corrected chi connectivity index (χ2v) is 3.08. The maximum absolute atomic E-state index is 10.7. The van der Waals surface area contributed by atoms with Gasteiger partial charge in [0.1, 0.15) is 12.4 Å². The molecule has 0 bridgehead atoms. The first kappa shape index (κ1) is 12.7. The lowest BCUT2D eigenvalue weighted by Gasteiger charge is -2.11. The molecule has 0 fully saturated rings. The van der Waals surface area contributed by atoms with Crippen molar-refractivity contribution in [2.45, 2.75) is 18.9 Å². The Morgan fingerprint density at radius 3 is 2.79 bits per heavy atom. The monoisotopic (exact) mass is 202 g/mol. The fourth-order valence-electron chi connectivity index (χ4n) is 0.839. The van der Waals surface area contributed by atoms with Gasteiger partial charge in [0, 0.05) is 14.1 Å². The topological polar surface area (TPSA) is 91.0 Å². The molecule has 0 saturated carbocycles. The van der Waals surface area contributed by atoms with Crippen molar-refractivity contribution in [1.29, 1.82) is 0 Å². The number of carboxylic acid groups (broad SMARTS) is 1. The third kappa shape index (κ3) is 6.24. The summed E-state index contributed by atoms with van der Waals surface area (Å²) in [6, 6.07) is -0.609. The Morgan fingerprint density at radius 2 is 2.36 bits per heavy atom. The van der Waals surface area contributed by atoms with Crippen LogP contribution in [0.4, 0.5) is 0 Å². The van der Waals surface area contributed by atoms with Crippen molar-refractivity contribution in [3.05, 3.63) is 0 Å². The molecule has 0 aliphatic rings. The van der Waals surface area contributed by atoms with Gasteiger partial charge in [-0.1, -0.05) is 0 Å². The zero-order chi connectivity index (χ0) is 11.0. The average molecular weight is 202 g/mol. The van der Waals surface area contributed by atoms with Crippen LogP contribution in [-0.2, 0) is 4.79 Å². The van der Waals surface area contributed by atoms with E-state index in [1.165, 1.54) is 6.34 Å². The number of nitrogens with two attached hydrogens (primary N) is 1. The predicted molar refractivity (Wildman–Crippen MR) is 55.0 cm³/mol. The minimum atomic E-state index is -0.886. The highest BCUT2D eigenvalue weighted by molar-refractivity contribution is 5.76. The Labute approximate surface area is 83.8 Å². The molecule has 6 heteroatoms.